The Hall–Kier alpha value is -2.99. The van der Waals surface area contributed by atoms with Crippen molar-refractivity contribution in [2.45, 2.75) is 51.7 Å². The highest BCUT2D eigenvalue weighted by atomic mass is 19.1. The Kier molecular flexibility index (Phi) is 6.02. The number of anilines is 1. The van der Waals surface area contributed by atoms with Gasteiger partial charge in [0, 0.05) is 49.0 Å². The highest BCUT2D eigenvalue weighted by molar-refractivity contribution is 5.66. The molecule has 0 amide bonds. The molecule has 5 rings (SSSR count). The summed E-state index contributed by atoms with van der Waals surface area (Å²) in [5, 5.41) is 4.75. The molecular weight excluding hydrogens is 413 g/mol. The maximum Gasteiger partial charge on any atom is 0.150 e. The highest BCUT2D eigenvalue weighted by Crippen LogP contribution is 2.33. The van der Waals surface area contributed by atoms with Crippen LogP contribution in [0.15, 0.2) is 53.5 Å². The van der Waals surface area contributed by atoms with Gasteiger partial charge in [-0.15, -0.1) is 0 Å². The number of halogens is 1. The van der Waals surface area contributed by atoms with Gasteiger partial charge in [0.25, 0.3) is 0 Å². The van der Waals surface area contributed by atoms with E-state index in [0.717, 1.165) is 31.7 Å². The van der Waals surface area contributed by atoms with Gasteiger partial charge in [-0.2, -0.15) is 5.10 Å². The summed E-state index contributed by atoms with van der Waals surface area (Å²) in [6, 6.07) is 16.6. The molecule has 2 aliphatic rings. The van der Waals surface area contributed by atoms with Crippen LogP contribution < -0.4 is 4.90 Å². The first-order valence-corrected chi connectivity index (χ1v) is 12.0. The molecule has 0 spiro atoms. The normalized spacial score (nSPS) is 19.5. The minimum Gasteiger partial charge on any atom is -0.371 e. The summed E-state index contributed by atoms with van der Waals surface area (Å²) < 4.78 is 16.9. The molecule has 1 unspecified atom stereocenters. The van der Waals surface area contributed by atoms with E-state index < -0.39 is 0 Å². The smallest absolute Gasteiger partial charge is 0.150 e. The van der Waals surface area contributed by atoms with Crippen molar-refractivity contribution < 1.29 is 4.39 Å². The first-order chi connectivity index (χ1) is 16.0. The second-order valence-electron chi connectivity index (χ2n) is 9.30. The van der Waals surface area contributed by atoms with Crippen LogP contribution >= 0.6 is 0 Å². The monoisotopic (exact) mass is 445 g/mol. The molecule has 172 valence electrons. The van der Waals surface area contributed by atoms with Crippen molar-refractivity contribution >= 4 is 18.2 Å². The third kappa shape index (κ3) is 4.20. The van der Waals surface area contributed by atoms with E-state index in [1.54, 1.807) is 6.07 Å². The van der Waals surface area contributed by atoms with Crippen LogP contribution in [0.1, 0.15) is 43.9 Å². The van der Waals surface area contributed by atoms with Crippen LogP contribution in [0.2, 0.25) is 0 Å². The van der Waals surface area contributed by atoms with Crippen molar-refractivity contribution in [3.05, 3.63) is 65.5 Å². The van der Waals surface area contributed by atoms with Gasteiger partial charge in [0.1, 0.15) is 11.6 Å². The highest BCUT2D eigenvalue weighted by Gasteiger charge is 2.28. The summed E-state index contributed by atoms with van der Waals surface area (Å²) in [5.41, 5.74) is 4.90. The summed E-state index contributed by atoms with van der Waals surface area (Å²) in [5.74, 6) is 0.430. The molecule has 0 saturated carbocycles. The van der Waals surface area contributed by atoms with E-state index >= 15 is 4.39 Å². The molecular formula is C27H32FN5. The molecule has 0 N–H and O–H groups in total. The molecule has 5 nitrogen and oxygen atoms in total. The van der Waals surface area contributed by atoms with Gasteiger partial charge in [0.05, 0.1) is 12.2 Å². The van der Waals surface area contributed by atoms with Crippen LogP contribution in [0.3, 0.4) is 0 Å². The van der Waals surface area contributed by atoms with Crippen LogP contribution in [0.5, 0.6) is 0 Å². The lowest BCUT2D eigenvalue weighted by Crippen LogP contribution is -2.42. The van der Waals surface area contributed by atoms with Crippen molar-refractivity contribution in [3.8, 4) is 11.3 Å². The average Bonchev–Trinajstić information content (AvgIpc) is 3.49. The number of nitrogens with zero attached hydrogens (tertiary/aromatic N) is 5. The van der Waals surface area contributed by atoms with Crippen molar-refractivity contribution in [1.82, 2.24) is 14.7 Å². The van der Waals surface area contributed by atoms with Gasteiger partial charge in [0.2, 0.25) is 0 Å². The Labute approximate surface area is 195 Å². The van der Waals surface area contributed by atoms with E-state index in [0.29, 0.717) is 29.7 Å². The van der Waals surface area contributed by atoms with Crippen LogP contribution in [0, 0.1) is 5.82 Å². The average molecular weight is 446 g/mol. The van der Waals surface area contributed by atoms with Gasteiger partial charge >= 0.3 is 0 Å². The lowest BCUT2D eigenvalue weighted by atomic mass is 9.92. The van der Waals surface area contributed by atoms with E-state index in [9.17, 15) is 0 Å². The molecule has 2 aliphatic heterocycles. The number of aliphatic imine (C=N–C) groups is 1. The third-order valence-electron chi connectivity index (χ3n) is 7.27. The second-order valence-corrected chi connectivity index (χ2v) is 9.30. The van der Waals surface area contributed by atoms with Crippen molar-refractivity contribution in [2.24, 2.45) is 4.99 Å². The number of benzene rings is 2. The molecule has 3 heterocycles. The van der Waals surface area contributed by atoms with E-state index in [4.69, 9.17) is 5.10 Å². The van der Waals surface area contributed by atoms with Gasteiger partial charge in [-0.05, 0) is 69.2 Å². The Balaban J connectivity index is 1.36. The van der Waals surface area contributed by atoms with Crippen LogP contribution in [-0.4, -0.2) is 47.1 Å². The molecule has 1 aromatic heterocycles. The number of fused-ring (bicyclic) bond motifs is 1. The Morgan fingerprint density at radius 2 is 1.91 bits per heavy atom. The predicted octanol–water partition coefficient (Wildman–Crippen LogP) is 5.63. The summed E-state index contributed by atoms with van der Waals surface area (Å²) in [7, 11) is 0. The third-order valence-corrected chi connectivity index (χ3v) is 7.27. The van der Waals surface area contributed by atoms with Gasteiger partial charge in [0.15, 0.2) is 0 Å². The van der Waals surface area contributed by atoms with Gasteiger partial charge in [-0.1, -0.05) is 24.3 Å². The first kappa shape index (κ1) is 21.8. The summed E-state index contributed by atoms with van der Waals surface area (Å²) in [6.45, 7) is 11.9. The zero-order chi connectivity index (χ0) is 22.9. The predicted molar refractivity (Wildman–Crippen MR) is 133 cm³/mol. The molecule has 2 atom stereocenters. The fourth-order valence-corrected chi connectivity index (χ4v) is 5.43. The minimum absolute atomic E-state index is 0.242. The largest absolute Gasteiger partial charge is 0.371 e. The van der Waals surface area contributed by atoms with E-state index in [1.807, 2.05) is 22.9 Å². The maximum absolute atomic E-state index is 15.0. The van der Waals surface area contributed by atoms with E-state index in [-0.39, 0.29) is 11.9 Å². The molecule has 1 saturated heterocycles. The van der Waals surface area contributed by atoms with Crippen LogP contribution in [-0.2, 0) is 13.0 Å². The standard InChI is InChI=1S/C27H32FN5/c1-19(32-15-12-21-8-4-5-9-23(21)20(32)2)18-33-27(29-3)17-26(30-33)24-11-10-22(16-25(24)28)31-13-6-7-14-31/h4-5,8-11,16-17,19-20H,3,6-7,12-15,18H2,1-2H3/t19?,20-/m1/s1. The number of rotatable bonds is 6. The summed E-state index contributed by atoms with van der Waals surface area (Å²) >= 11 is 0. The van der Waals surface area contributed by atoms with Gasteiger partial charge < -0.3 is 4.90 Å². The van der Waals surface area contributed by atoms with Crippen molar-refractivity contribution in [1.29, 1.82) is 0 Å². The molecule has 1 fully saturated rings. The number of hydrogen-bond donors (Lipinski definition) is 0. The Bertz CT molecular complexity index is 1150. The van der Waals surface area contributed by atoms with Crippen molar-refractivity contribution in [3.63, 3.8) is 0 Å². The molecule has 6 heteroatoms. The second kappa shape index (κ2) is 9.10. The molecule has 3 aromatic rings. The lowest BCUT2D eigenvalue weighted by Gasteiger charge is -2.39. The Morgan fingerprint density at radius 3 is 2.67 bits per heavy atom. The van der Waals surface area contributed by atoms with Crippen molar-refractivity contribution in [2.75, 3.05) is 24.5 Å². The zero-order valence-corrected chi connectivity index (χ0v) is 19.5. The van der Waals surface area contributed by atoms with E-state index in [2.05, 4.69) is 59.6 Å². The zero-order valence-electron chi connectivity index (χ0n) is 19.5. The molecule has 0 aliphatic carbocycles. The summed E-state index contributed by atoms with van der Waals surface area (Å²) in [4.78, 5) is 8.94. The SMILES string of the molecule is C=Nc1cc(-c2ccc(N3CCCC3)cc2F)nn1CC(C)N1CCc2ccccc2[C@H]1C. The first-order valence-electron chi connectivity index (χ1n) is 12.0. The molecule has 33 heavy (non-hydrogen) atoms. The van der Waals surface area contributed by atoms with E-state index in [1.165, 1.54) is 24.0 Å². The minimum atomic E-state index is -0.242. The molecule has 0 bridgehead atoms. The molecule has 0 radical (unpaired) electrons. The quantitative estimate of drug-likeness (QED) is 0.462. The molecule has 2 aromatic carbocycles. The fourth-order valence-electron chi connectivity index (χ4n) is 5.43. The fraction of sp³-hybridized carbons (Fsp3) is 0.407. The van der Waals surface area contributed by atoms with Crippen LogP contribution in [0.4, 0.5) is 15.9 Å². The summed E-state index contributed by atoms with van der Waals surface area (Å²) in [6.07, 6.45) is 3.39. The Morgan fingerprint density at radius 1 is 1.12 bits per heavy atom. The lowest BCUT2D eigenvalue weighted by molar-refractivity contribution is 0.128. The van der Waals surface area contributed by atoms with Gasteiger partial charge in [-0.3, -0.25) is 4.90 Å². The van der Waals surface area contributed by atoms with Gasteiger partial charge in [-0.25, -0.2) is 14.1 Å². The van der Waals surface area contributed by atoms with Crippen LogP contribution in [0.25, 0.3) is 11.3 Å². The maximum atomic E-state index is 15.0. The number of hydrogen-bond acceptors (Lipinski definition) is 4. The number of aromatic nitrogens is 2. The topological polar surface area (TPSA) is 36.7 Å².